The van der Waals surface area contributed by atoms with Crippen molar-refractivity contribution < 1.29 is 19.1 Å². The second kappa shape index (κ2) is 8.10. The fourth-order valence-corrected chi connectivity index (χ4v) is 2.10. The fraction of sp³-hybridized carbons (Fsp3) is 0.222. The van der Waals surface area contributed by atoms with Crippen LogP contribution in [-0.2, 0) is 22.6 Å². The minimum Gasteiger partial charge on any atom is -0.465 e. The smallest absolute Gasteiger partial charge is 0.337 e. The summed E-state index contributed by atoms with van der Waals surface area (Å²) < 4.78 is 9.32. The van der Waals surface area contributed by atoms with Crippen LogP contribution in [0.5, 0.6) is 0 Å². The number of ether oxygens (including phenoxy) is 2. The van der Waals surface area contributed by atoms with Crippen molar-refractivity contribution >= 4 is 11.9 Å². The third-order valence-corrected chi connectivity index (χ3v) is 3.41. The Balaban J connectivity index is 1.85. The van der Waals surface area contributed by atoms with Gasteiger partial charge in [-0.1, -0.05) is 24.3 Å². The molecule has 5 nitrogen and oxygen atoms in total. The molecular weight excluding hydrogens is 294 g/mol. The standard InChI is InChI=1S/C18H19NO4/c1-22-17(20)15-7-3-13(4-8-15)11-19-12-14-5-9-16(10-6-14)18(21)23-2/h3-10,19H,11-12H2,1-2H3. The number of rotatable bonds is 6. The summed E-state index contributed by atoms with van der Waals surface area (Å²) in [4.78, 5) is 22.7. The van der Waals surface area contributed by atoms with Gasteiger partial charge in [0, 0.05) is 13.1 Å². The molecule has 0 amide bonds. The van der Waals surface area contributed by atoms with Crippen LogP contribution >= 0.6 is 0 Å². The molecule has 23 heavy (non-hydrogen) atoms. The van der Waals surface area contributed by atoms with Crippen molar-refractivity contribution in [1.29, 1.82) is 0 Å². The van der Waals surface area contributed by atoms with Gasteiger partial charge in [-0.25, -0.2) is 9.59 Å². The van der Waals surface area contributed by atoms with E-state index in [1.807, 2.05) is 24.3 Å². The van der Waals surface area contributed by atoms with E-state index in [1.54, 1.807) is 24.3 Å². The van der Waals surface area contributed by atoms with E-state index in [4.69, 9.17) is 0 Å². The summed E-state index contributed by atoms with van der Waals surface area (Å²) in [5, 5.41) is 3.31. The first-order valence-corrected chi connectivity index (χ1v) is 7.19. The van der Waals surface area contributed by atoms with Gasteiger partial charge in [0.05, 0.1) is 25.3 Å². The first-order valence-electron chi connectivity index (χ1n) is 7.19. The average Bonchev–Trinajstić information content (AvgIpc) is 2.61. The van der Waals surface area contributed by atoms with Crippen molar-refractivity contribution in [3.63, 3.8) is 0 Å². The highest BCUT2D eigenvalue weighted by atomic mass is 16.5. The summed E-state index contributed by atoms with van der Waals surface area (Å²) in [5.41, 5.74) is 3.22. The molecule has 0 aliphatic heterocycles. The molecule has 0 saturated heterocycles. The molecular formula is C18H19NO4. The second-order valence-electron chi connectivity index (χ2n) is 4.98. The van der Waals surface area contributed by atoms with Crippen LogP contribution in [0.25, 0.3) is 0 Å². The topological polar surface area (TPSA) is 64.6 Å². The van der Waals surface area contributed by atoms with Crippen molar-refractivity contribution in [2.75, 3.05) is 14.2 Å². The predicted octanol–water partition coefficient (Wildman–Crippen LogP) is 2.55. The molecule has 2 aromatic carbocycles. The Morgan fingerprint density at radius 2 is 1.09 bits per heavy atom. The van der Waals surface area contributed by atoms with Gasteiger partial charge in [0.1, 0.15) is 0 Å². The first kappa shape index (κ1) is 16.7. The summed E-state index contributed by atoms with van der Waals surface area (Å²) in [5.74, 6) is -0.676. The molecule has 0 atom stereocenters. The number of benzene rings is 2. The molecule has 0 aromatic heterocycles. The molecule has 0 fully saturated rings. The molecule has 2 aromatic rings. The molecule has 5 heteroatoms. The molecule has 0 saturated carbocycles. The number of hydrogen-bond acceptors (Lipinski definition) is 5. The molecule has 120 valence electrons. The summed E-state index contributed by atoms with van der Waals surface area (Å²) in [7, 11) is 2.73. The van der Waals surface area contributed by atoms with E-state index in [2.05, 4.69) is 14.8 Å². The van der Waals surface area contributed by atoms with Crippen LogP contribution in [0.3, 0.4) is 0 Å². The maximum absolute atomic E-state index is 11.4. The number of hydrogen-bond donors (Lipinski definition) is 1. The highest BCUT2D eigenvalue weighted by molar-refractivity contribution is 5.89. The minimum atomic E-state index is -0.338. The van der Waals surface area contributed by atoms with Gasteiger partial charge >= 0.3 is 11.9 Å². The Kier molecular flexibility index (Phi) is 5.88. The zero-order valence-corrected chi connectivity index (χ0v) is 13.2. The summed E-state index contributed by atoms with van der Waals surface area (Å²) in [6.07, 6.45) is 0. The van der Waals surface area contributed by atoms with Gasteiger partial charge in [-0.3, -0.25) is 0 Å². The number of esters is 2. The SMILES string of the molecule is COC(=O)c1ccc(CNCc2ccc(C(=O)OC)cc2)cc1. The van der Waals surface area contributed by atoms with Gasteiger partial charge in [-0.2, -0.15) is 0 Å². The van der Waals surface area contributed by atoms with E-state index in [0.717, 1.165) is 11.1 Å². The van der Waals surface area contributed by atoms with Gasteiger partial charge in [0.15, 0.2) is 0 Å². The maximum atomic E-state index is 11.4. The monoisotopic (exact) mass is 313 g/mol. The van der Waals surface area contributed by atoms with Crippen LogP contribution in [0.1, 0.15) is 31.8 Å². The highest BCUT2D eigenvalue weighted by Gasteiger charge is 2.05. The molecule has 0 radical (unpaired) electrons. The van der Waals surface area contributed by atoms with Crippen molar-refractivity contribution in [2.24, 2.45) is 0 Å². The van der Waals surface area contributed by atoms with Crippen molar-refractivity contribution in [2.45, 2.75) is 13.1 Å². The lowest BCUT2D eigenvalue weighted by Crippen LogP contribution is -2.13. The average molecular weight is 313 g/mol. The largest absolute Gasteiger partial charge is 0.465 e. The van der Waals surface area contributed by atoms with Gasteiger partial charge in [-0.05, 0) is 35.4 Å². The van der Waals surface area contributed by atoms with Gasteiger partial charge < -0.3 is 14.8 Å². The van der Waals surface area contributed by atoms with Crippen molar-refractivity contribution in [3.8, 4) is 0 Å². The summed E-state index contributed by atoms with van der Waals surface area (Å²) >= 11 is 0. The lowest BCUT2D eigenvalue weighted by Gasteiger charge is -2.07. The van der Waals surface area contributed by atoms with Crippen LogP contribution < -0.4 is 5.32 Å². The quantitative estimate of drug-likeness (QED) is 0.830. The first-order chi connectivity index (χ1) is 11.1. The fourth-order valence-electron chi connectivity index (χ4n) is 2.10. The maximum Gasteiger partial charge on any atom is 0.337 e. The molecule has 0 bridgehead atoms. The van der Waals surface area contributed by atoms with Gasteiger partial charge in [-0.15, -0.1) is 0 Å². The molecule has 2 rings (SSSR count). The Hall–Kier alpha value is -2.66. The zero-order chi connectivity index (χ0) is 16.7. The minimum absolute atomic E-state index is 0.338. The normalized spacial score (nSPS) is 10.2. The summed E-state index contributed by atoms with van der Waals surface area (Å²) in [6, 6.07) is 14.5. The van der Waals surface area contributed by atoms with Crippen LogP contribution in [0.15, 0.2) is 48.5 Å². The highest BCUT2D eigenvalue weighted by Crippen LogP contribution is 2.08. The number of nitrogens with one attached hydrogen (secondary N) is 1. The van der Waals surface area contributed by atoms with Gasteiger partial charge in [0.25, 0.3) is 0 Å². The Morgan fingerprint density at radius 3 is 1.39 bits per heavy atom. The molecule has 0 aliphatic rings. The van der Waals surface area contributed by atoms with Crippen LogP contribution in [0, 0.1) is 0 Å². The van der Waals surface area contributed by atoms with E-state index in [9.17, 15) is 9.59 Å². The molecule has 0 spiro atoms. The lowest BCUT2D eigenvalue weighted by atomic mass is 10.1. The Labute approximate surface area is 135 Å². The number of carbonyl (C=O) groups excluding carboxylic acids is 2. The number of carbonyl (C=O) groups is 2. The molecule has 1 N–H and O–H groups in total. The van der Waals surface area contributed by atoms with E-state index in [-0.39, 0.29) is 11.9 Å². The molecule has 0 aliphatic carbocycles. The van der Waals surface area contributed by atoms with Crippen LogP contribution in [0.2, 0.25) is 0 Å². The molecule has 0 unspecified atom stereocenters. The van der Waals surface area contributed by atoms with Crippen molar-refractivity contribution in [3.05, 3.63) is 70.8 Å². The molecule has 0 heterocycles. The van der Waals surface area contributed by atoms with Crippen molar-refractivity contribution in [1.82, 2.24) is 5.32 Å². The van der Waals surface area contributed by atoms with E-state index in [0.29, 0.717) is 24.2 Å². The van der Waals surface area contributed by atoms with Crippen LogP contribution in [0.4, 0.5) is 0 Å². The lowest BCUT2D eigenvalue weighted by molar-refractivity contribution is 0.0592. The summed E-state index contributed by atoms with van der Waals surface area (Å²) in [6.45, 7) is 1.36. The second-order valence-corrected chi connectivity index (χ2v) is 4.98. The van der Waals surface area contributed by atoms with E-state index in [1.165, 1.54) is 14.2 Å². The Morgan fingerprint density at radius 1 is 0.739 bits per heavy atom. The van der Waals surface area contributed by atoms with E-state index < -0.39 is 0 Å². The third-order valence-electron chi connectivity index (χ3n) is 3.41. The number of methoxy groups -OCH3 is 2. The third kappa shape index (κ3) is 4.66. The van der Waals surface area contributed by atoms with E-state index >= 15 is 0 Å². The van der Waals surface area contributed by atoms with Gasteiger partial charge in [0.2, 0.25) is 0 Å². The zero-order valence-electron chi connectivity index (χ0n) is 13.2. The van der Waals surface area contributed by atoms with Crippen LogP contribution in [-0.4, -0.2) is 26.2 Å². The Bertz CT molecular complexity index is 603. The predicted molar refractivity (Wildman–Crippen MR) is 86.1 cm³/mol.